The van der Waals surface area contributed by atoms with Crippen molar-refractivity contribution in [2.24, 2.45) is 0 Å². The van der Waals surface area contributed by atoms with Gasteiger partial charge >= 0.3 is 0 Å². The number of rotatable bonds is 7. The Bertz CT molecular complexity index is 1160. The molecule has 1 heterocycles. The van der Waals surface area contributed by atoms with Gasteiger partial charge in [0.2, 0.25) is 0 Å². The van der Waals surface area contributed by atoms with Gasteiger partial charge in [-0.05, 0) is 53.6 Å². The lowest BCUT2D eigenvalue weighted by Gasteiger charge is -2.20. The van der Waals surface area contributed by atoms with Crippen molar-refractivity contribution in [1.82, 2.24) is 10.3 Å². The summed E-state index contributed by atoms with van der Waals surface area (Å²) in [4.78, 5) is 18.2. The molecule has 5 heteroatoms. The van der Waals surface area contributed by atoms with Crippen LogP contribution in [0, 0.1) is 0 Å². The van der Waals surface area contributed by atoms with Crippen molar-refractivity contribution in [3.05, 3.63) is 95.7 Å². The molecule has 0 fully saturated rings. The summed E-state index contributed by atoms with van der Waals surface area (Å²) in [7, 11) is 5.67. The predicted molar refractivity (Wildman–Crippen MR) is 126 cm³/mol. The van der Waals surface area contributed by atoms with Crippen LogP contribution in [-0.2, 0) is 0 Å². The van der Waals surface area contributed by atoms with E-state index in [0.717, 1.165) is 22.5 Å². The van der Waals surface area contributed by atoms with E-state index in [1.54, 1.807) is 31.4 Å². The Morgan fingerprint density at radius 3 is 2.39 bits per heavy atom. The van der Waals surface area contributed by atoms with E-state index < -0.39 is 0 Å². The fraction of sp³-hybridized carbons (Fsp3) is 0.192. The fourth-order valence-corrected chi connectivity index (χ4v) is 3.83. The Morgan fingerprint density at radius 2 is 1.71 bits per heavy atom. The molecule has 158 valence electrons. The molecule has 0 aliphatic rings. The summed E-state index contributed by atoms with van der Waals surface area (Å²) in [5.74, 6) is 0.654. The number of para-hydroxylation sites is 1. The predicted octanol–water partition coefficient (Wildman–Crippen LogP) is 4.80. The summed E-state index contributed by atoms with van der Waals surface area (Å²) in [5.41, 5.74) is 5.17. The SMILES string of the molecule is COc1ccc(C(=O)NC[C@H](c2ccc(N(C)C)cc2)c2c[nH]c3ccccc23)cc1. The van der Waals surface area contributed by atoms with E-state index in [0.29, 0.717) is 12.1 Å². The van der Waals surface area contributed by atoms with Crippen LogP contribution in [0.1, 0.15) is 27.4 Å². The maximum Gasteiger partial charge on any atom is 0.251 e. The Labute approximate surface area is 182 Å². The molecular weight excluding hydrogens is 386 g/mol. The number of hydrogen-bond donors (Lipinski definition) is 2. The van der Waals surface area contributed by atoms with E-state index in [1.807, 2.05) is 26.2 Å². The summed E-state index contributed by atoms with van der Waals surface area (Å²) >= 11 is 0. The zero-order valence-corrected chi connectivity index (χ0v) is 18.1. The lowest BCUT2D eigenvalue weighted by Crippen LogP contribution is -2.28. The molecule has 4 aromatic rings. The first kappa shape index (κ1) is 20.5. The standard InChI is InChI=1S/C26H27N3O2/c1-29(2)20-12-8-18(9-13-20)23(24-17-27-25-7-5-4-6-22(24)25)16-28-26(30)19-10-14-21(31-3)15-11-19/h4-15,17,23,27H,16H2,1-3H3,(H,28,30)/t23-/m1/s1. The first-order valence-electron chi connectivity index (χ1n) is 10.3. The summed E-state index contributed by atoms with van der Waals surface area (Å²) in [6.07, 6.45) is 2.05. The number of H-pyrrole nitrogens is 1. The third-order valence-electron chi connectivity index (χ3n) is 5.63. The number of anilines is 1. The molecule has 0 saturated heterocycles. The molecule has 4 rings (SSSR count). The van der Waals surface area contributed by atoms with Crippen molar-refractivity contribution in [3.8, 4) is 5.75 Å². The molecule has 0 bridgehead atoms. The smallest absolute Gasteiger partial charge is 0.251 e. The third kappa shape index (κ3) is 4.40. The topological polar surface area (TPSA) is 57.4 Å². The molecule has 3 aromatic carbocycles. The lowest BCUT2D eigenvalue weighted by atomic mass is 9.90. The van der Waals surface area contributed by atoms with Crippen LogP contribution in [0.5, 0.6) is 5.75 Å². The highest BCUT2D eigenvalue weighted by Crippen LogP contribution is 2.31. The Kier molecular flexibility index (Phi) is 5.94. The number of aromatic nitrogens is 1. The first-order chi connectivity index (χ1) is 15.1. The van der Waals surface area contributed by atoms with Crippen molar-refractivity contribution in [3.63, 3.8) is 0 Å². The van der Waals surface area contributed by atoms with Crippen LogP contribution in [0.15, 0.2) is 79.0 Å². The molecule has 0 spiro atoms. The fourth-order valence-electron chi connectivity index (χ4n) is 3.83. The number of methoxy groups -OCH3 is 1. The highest BCUT2D eigenvalue weighted by atomic mass is 16.5. The van der Waals surface area contributed by atoms with Crippen LogP contribution >= 0.6 is 0 Å². The molecular formula is C26H27N3O2. The Balaban J connectivity index is 1.62. The number of fused-ring (bicyclic) bond motifs is 1. The van der Waals surface area contributed by atoms with Crippen molar-refractivity contribution in [2.45, 2.75) is 5.92 Å². The van der Waals surface area contributed by atoms with Gasteiger partial charge < -0.3 is 19.9 Å². The van der Waals surface area contributed by atoms with Gasteiger partial charge in [0.25, 0.3) is 5.91 Å². The maximum atomic E-state index is 12.8. The number of benzene rings is 3. The van der Waals surface area contributed by atoms with Crippen molar-refractivity contribution in [2.75, 3.05) is 32.6 Å². The largest absolute Gasteiger partial charge is 0.497 e. The number of nitrogens with one attached hydrogen (secondary N) is 2. The van der Waals surface area contributed by atoms with Crippen LogP contribution < -0.4 is 15.0 Å². The average molecular weight is 414 g/mol. The molecule has 0 aliphatic heterocycles. The number of nitrogens with zero attached hydrogens (tertiary/aromatic N) is 1. The van der Waals surface area contributed by atoms with Crippen LogP contribution in [-0.4, -0.2) is 38.6 Å². The molecule has 31 heavy (non-hydrogen) atoms. The third-order valence-corrected chi connectivity index (χ3v) is 5.63. The molecule has 0 unspecified atom stereocenters. The summed E-state index contributed by atoms with van der Waals surface area (Å²) in [6.45, 7) is 0.494. The van der Waals surface area contributed by atoms with Crippen LogP contribution in [0.4, 0.5) is 5.69 Å². The molecule has 1 amide bonds. The Hall–Kier alpha value is -3.73. The normalized spacial score (nSPS) is 11.8. The van der Waals surface area contributed by atoms with E-state index in [4.69, 9.17) is 4.74 Å². The number of hydrogen-bond acceptors (Lipinski definition) is 3. The quantitative estimate of drug-likeness (QED) is 0.457. The molecule has 2 N–H and O–H groups in total. The molecule has 5 nitrogen and oxygen atoms in total. The second kappa shape index (κ2) is 8.96. The monoisotopic (exact) mass is 413 g/mol. The van der Waals surface area contributed by atoms with Crippen molar-refractivity contribution < 1.29 is 9.53 Å². The van der Waals surface area contributed by atoms with E-state index >= 15 is 0 Å². The zero-order valence-electron chi connectivity index (χ0n) is 18.1. The van der Waals surface area contributed by atoms with Gasteiger partial charge in [-0.3, -0.25) is 4.79 Å². The van der Waals surface area contributed by atoms with Crippen LogP contribution in [0.2, 0.25) is 0 Å². The Morgan fingerprint density at radius 1 is 1.00 bits per heavy atom. The van der Waals surface area contributed by atoms with E-state index in [-0.39, 0.29) is 11.8 Å². The van der Waals surface area contributed by atoms with Gasteiger partial charge in [-0.2, -0.15) is 0 Å². The van der Waals surface area contributed by atoms with Gasteiger partial charge in [0, 0.05) is 54.9 Å². The number of carbonyl (C=O) groups is 1. The minimum atomic E-state index is -0.0996. The van der Waals surface area contributed by atoms with Gasteiger partial charge in [0.15, 0.2) is 0 Å². The average Bonchev–Trinajstić information content (AvgIpc) is 3.23. The molecule has 0 aliphatic carbocycles. The lowest BCUT2D eigenvalue weighted by molar-refractivity contribution is 0.0952. The number of ether oxygens (including phenoxy) is 1. The van der Waals surface area contributed by atoms with E-state index in [2.05, 4.69) is 57.8 Å². The van der Waals surface area contributed by atoms with Gasteiger partial charge in [-0.15, -0.1) is 0 Å². The van der Waals surface area contributed by atoms with Crippen molar-refractivity contribution in [1.29, 1.82) is 0 Å². The maximum absolute atomic E-state index is 12.8. The molecule has 0 radical (unpaired) electrons. The van der Waals surface area contributed by atoms with Gasteiger partial charge in [-0.25, -0.2) is 0 Å². The van der Waals surface area contributed by atoms with E-state index in [1.165, 1.54) is 10.9 Å². The molecule has 1 aromatic heterocycles. The van der Waals surface area contributed by atoms with Gasteiger partial charge in [-0.1, -0.05) is 30.3 Å². The molecule has 1 atom stereocenters. The summed E-state index contributed by atoms with van der Waals surface area (Å²) in [5, 5.41) is 4.29. The minimum Gasteiger partial charge on any atom is -0.497 e. The minimum absolute atomic E-state index is 0.0227. The first-order valence-corrected chi connectivity index (χ1v) is 10.3. The number of aromatic amines is 1. The molecule has 0 saturated carbocycles. The number of amides is 1. The zero-order chi connectivity index (χ0) is 21.8. The second-order valence-corrected chi connectivity index (χ2v) is 7.77. The highest BCUT2D eigenvalue weighted by Gasteiger charge is 2.19. The summed E-state index contributed by atoms with van der Waals surface area (Å²) in [6, 6.07) is 23.9. The van der Waals surface area contributed by atoms with E-state index in [9.17, 15) is 4.79 Å². The highest BCUT2D eigenvalue weighted by molar-refractivity contribution is 5.94. The van der Waals surface area contributed by atoms with Gasteiger partial charge in [0.05, 0.1) is 7.11 Å². The number of carbonyl (C=O) groups excluding carboxylic acids is 1. The van der Waals surface area contributed by atoms with Crippen molar-refractivity contribution >= 4 is 22.5 Å². The summed E-state index contributed by atoms with van der Waals surface area (Å²) < 4.78 is 5.18. The second-order valence-electron chi connectivity index (χ2n) is 7.77. The van der Waals surface area contributed by atoms with Gasteiger partial charge in [0.1, 0.15) is 5.75 Å². The van der Waals surface area contributed by atoms with Crippen LogP contribution in [0.25, 0.3) is 10.9 Å². The van der Waals surface area contributed by atoms with Crippen LogP contribution in [0.3, 0.4) is 0 Å².